The number of nitrogens with zero attached hydrogens (tertiary/aromatic N) is 4. The average molecular weight is 739 g/mol. The Morgan fingerprint density at radius 2 is 1.20 bits per heavy atom. The number of benzodiazepines with no additional fused rings is 2. The normalized spacial score (nSPS) is 16.5. The van der Waals surface area contributed by atoms with Crippen molar-refractivity contribution in [2.75, 3.05) is 50.5 Å². The maximum Gasteiger partial charge on any atom is 0.334 e. The second-order valence-electron chi connectivity index (χ2n) is 12.6. The molecule has 2 aliphatic rings. The highest BCUT2D eigenvalue weighted by Crippen LogP contribution is 2.31. The van der Waals surface area contributed by atoms with Crippen LogP contribution in [0.4, 0.5) is 11.4 Å². The van der Waals surface area contributed by atoms with Crippen molar-refractivity contribution in [3.05, 3.63) is 129 Å². The van der Waals surface area contributed by atoms with E-state index in [0.29, 0.717) is 45.1 Å². The zero-order valence-electron chi connectivity index (χ0n) is 30.8. The second kappa shape index (κ2) is 17.2. The van der Waals surface area contributed by atoms with E-state index >= 15 is 0 Å². The number of likely N-dealkylation sites (N-methyl/N-ethyl adjacent to an activating group) is 2. The zero-order chi connectivity index (χ0) is 39.1. The van der Waals surface area contributed by atoms with E-state index in [1.165, 1.54) is 9.80 Å². The van der Waals surface area contributed by atoms with Gasteiger partial charge in [-0.15, -0.1) is 12.8 Å². The number of amides is 2. The molecule has 0 saturated carbocycles. The number of aliphatic imine (C=N–C) groups is 2. The van der Waals surface area contributed by atoms with Gasteiger partial charge in [-0.05, 0) is 61.4 Å². The molecule has 12 heteroatoms. The maximum atomic E-state index is 13.5. The van der Waals surface area contributed by atoms with E-state index in [0.717, 1.165) is 22.3 Å². The molecule has 0 N–H and O–H groups in total. The van der Waals surface area contributed by atoms with Gasteiger partial charge >= 0.3 is 5.97 Å². The van der Waals surface area contributed by atoms with Crippen LogP contribution in [0, 0.1) is 38.5 Å². The van der Waals surface area contributed by atoms with Crippen molar-refractivity contribution in [2.45, 2.75) is 26.3 Å². The van der Waals surface area contributed by atoms with E-state index in [9.17, 15) is 14.4 Å². The number of carbonyl (C=O) groups is 3. The van der Waals surface area contributed by atoms with Gasteiger partial charge in [0.1, 0.15) is 20.0 Å². The number of ether oxygens (including phenoxy) is 3. The van der Waals surface area contributed by atoms with Crippen LogP contribution in [0.2, 0.25) is 0 Å². The Bertz CT molecular complexity index is 2280. The summed E-state index contributed by atoms with van der Waals surface area (Å²) in [5.74, 6) is 3.44. The fourth-order valence-electron chi connectivity index (χ4n) is 6.12. The zero-order valence-corrected chi connectivity index (χ0v) is 30.8. The molecule has 0 aromatic heterocycles. The van der Waals surface area contributed by atoms with Crippen LogP contribution in [0.15, 0.2) is 94.9 Å². The van der Waals surface area contributed by atoms with Crippen molar-refractivity contribution in [1.29, 1.82) is 0 Å². The summed E-state index contributed by atoms with van der Waals surface area (Å²) in [7, 11) is 3.21. The van der Waals surface area contributed by atoms with Gasteiger partial charge in [0.05, 0.1) is 29.4 Å². The summed E-state index contributed by atoms with van der Waals surface area (Å²) < 4.78 is 16.3. The van der Waals surface area contributed by atoms with E-state index in [1.54, 1.807) is 44.4 Å². The van der Waals surface area contributed by atoms with Gasteiger partial charge in [-0.25, -0.2) is 19.7 Å². The van der Waals surface area contributed by atoms with Crippen molar-refractivity contribution >= 4 is 40.6 Å². The van der Waals surface area contributed by atoms with Gasteiger partial charge in [-0.3, -0.25) is 9.59 Å². The Morgan fingerprint density at radius 1 is 0.691 bits per heavy atom. The first-order valence-electron chi connectivity index (χ1n) is 17.3. The van der Waals surface area contributed by atoms with Crippen molar-refractivity contribution < 1.29 is 38.4 Å². The molecular formula is C43H38N4O8. The number of benzene rings is 4. The largest absolute Gasteiger partial charge is 0.428 e. The van der Waals surface area contributed by atoms with E-state index in [-0.39, 0.29) is 20.0 Å². The smallest absolute Gasteiger partial charge is 0.334 e. The number of anilines is 2. The van der Waals surface area contributed by atoms with Crippen LogP contribution in [0.3, 0.4) is 0 Å². The van der Waals surface area contributed by atoms with Gasteiger partial charge in [-0.2, -0.15) is 4.89 Å². The highest BCUT2D eigenvalue weighted by Gasteiger charge is 2.34. The molecule has 0 spiro atoms. The van der Waals surface area contributed by atoms with Gasteiger partial charge < -0.3 is 24.0 Å². The van der Waals surface area contributed by atoms with E-state index in [1.807, 2.05) is 68.4 Å². The van der Waals surface area contributed by atoms with Gasteiger partial charge in [-0.1, -0.05) is 60.4 Å². The summed E-state index contributed by atoms with van der Waals surface area (Å²) in [6.45, 7) is 2.95. The number of hydrogen-bond acceptors (Lipinski definition) is 10. The Kier molecular flexibility index (Phi) is 12.0. The molecule has 55 heavy (non-hydrogen) atoms. The molecule has 278 valence electrons. The summed E-state index contributed by atoms with van der Waals surface area (Å²) in [5.41, 5.74) is 8.18. The minimum Gasteiger partial charge on any atom is -0.428 e. The first-order chi connectivity index (χ1) is 26.6. The molecule has 2 amide bonds. The lowest BCUT2D eigenvalue weighted by molar-refractivity contribution is -0.319. The van der Waals surface area contributed by atoms with E-state index in [4.69, 9.17) is 36.8 Å². The molecular weight excluding hydrogens is 700 g/mol. The molecule has 2 aliphatic heterocycles. The molecule has 0 aliphatic carbocycles. The average Bonchev–Trinajstić information content (AvgIpc) is 3.36. The molecule has 0 fully saturated rings. The lowest BCUT2D eigenvalue weighted by Crippen LogP contribution is -2.38. The van der Waals surface area contributed by atoms with Crippen LogP contribution < -0.4 is 9.80 Å². The Labute approximate surface area is 319 Å². The molecule has 6 rings (SSSR count). The molecule has 0 bridgehead atoms. The highest BCUT2D eigenvalue weighted by atomic mass is 17.2. The van der Waals surface area contributed by atoms with Crippen LogP contribution in [0.25, 0.3) is 0 Å². The summed E-state index contributed by atoms with van der Waals surface area (Å²) in [4.78, 5) is 62.7. The van der Waals surface area contributed by atoms with Gasteiger partial charge in [0, 0.05) is 47.5 Å². The molecule has 12 nitrogen and oxygen atoms in total. The summed E-state index contributed by atoms with van der Waals surface area (Å²) >= 11 is 0. The lowest BCUT2D eigenvalue weighted by Gasteiger charge is -2.20. The fraction of sp³-hybridized carbons (Fsp3) is 0.233. The van der Waals surface area contributed by atoms with Gasteiger partial charge in [0.15, 0.2) is 0 Å². The molecule has 4 aromatic carbocycles. The Morgan fingerprint density at radius 3 is 1.73 bits per heavy atom. The molecule has 0 saturated heterocycles. The monoisotopic (exact) mass is 738 g/mol. The molecule has 4 aromatic rings. The lowest BCUT2D eigenvalue weighted by atomic mass is 9.95. The van der Waals surface area contributed by atoms with E-state index < -0.39 is 36.8 Å². The van der Waals surface area contributed by atoms with Crippen molar-refractivity contribution in [2.24, 2.45) is 9.98 Å². The standard InChI is InChI=1S/C43H38N4O8/c1-7-29-17-19-35-33(23-29)38(31-15-11-9-13-27(31)3)44-40(42(49)46(35)5)54-37(48)25-52-26-51-21-22-53-55-41-43(50)47(6)36-20-18-30(8-2)24-34(36)39(45-41)32-16-12-10-14-28(32)4/h1-2,9-20,23-24,40-41H,21-22,25-26H2,3-6H3. The minimum atomic E-state index is -1.48. The quantitative estimate of drug-likeness (QED) is 0.0510. The summed E-state index contributed by atoms with van der Waals surface area (Å²) in [6, 6.07) is 25.8. The maximum absolute atomic E-state index is 13.5. The molecule has 2 heterocycles. The molecule has 2 unspecified atom stereocenters. The number of terminal acetylenes is 2. The van der Waals surface area contributed by atoms with Crippen LogP contribution in [0.1, 0.15) is 44.5 Å². The molecule has 0 radical (unpaired) electrons. The SMILES string of the molecule is C#Cc1ccc2c(c1)C(c1ccccc1C)=NC(OOCCOCOCC(=O)OC1N=C(c3ccccc3C)c3cc(C#C)ccc3N(C)C1=O)C(=O)N2C. The number of esters is 1. The fourth-order valence-corrected chi connectivity index (χ4v) is 6.12. The third-order valence-corrected chi connectivity index (χ3v) is 9.04. The number of aryl methyl sites for hydroxylation is 2. The summed E-state index contributed by atoms with van der Waals surface area (Å²) in [5, 5.41) is 0. The van der Waals surface area contributed by atoms with Crippen molar-refractivity contribution in [1.82, 2.24) is 0 Å². The predicted molar refractivity (Wildman–Crippen MR) is 207 cm³/mol. The molecule has 2 atom stereocenters. The van der Waals surface area contributed by atoms with Crippen molar-refractivity contribution in [3.63, 3.8) is 0 Å². The number of carbonyl (C=O) groups excluding carboxylic acids is 3. The van der Waals surface area contributed by atoms with Crippen LogP contribution in [-0.4, -0.2) is 82.4 Å². The van der Waals surface area contributed by atoms with E-state index in [2.05, 4.69) is 21.8 Å². The Hall–Kier alpha value is -6.41. The van der Waals surface area contributed by atoms with Crippen LogP contribution in [0.5, 0.6) is 0 Å². The number of fused-ring (bicyclic) bond motifs is 2. The van der Waals surface area contributed by atoms with Gasteiger partial charge in [0.25, 0.3) is 24.3 Å². The predicted octanol–water partition coefficient (Wildman–Crippen LogP) is 4.73. The van der Waals surface area contributed by atoms with Crippen molar-refractivity contribution in [3.8, 4) is 24.7 Å². The first kappa shape index (κ1) is 38.3. The first-order valence-corrected chi connectivity index (χ1v) is 17.3. The Balaban J connectivity index is 1.03. The third-order valence-electron chi connectivity index (χ3n) is 9.04. The van der Waals surface area contributed by atoms with Crippen LogP contribution in [-0.2, 0) is 38.4 Å². The van der Waals surface area contributed by atoms with Crippen LogP contribution >= 0.6 is 0 Å². The minimum absolute atomic E-state index is 0.0141. The van der Waals surface area contributed by atoms with Gasteiger partial charge in [0.2, 0.25) is 0 Å². The topological polar surface area (TPSA) is 129 Å². The summed E-state index contributed by atoms with van der Waals surface area (Å²) in [6.07, 6.45) is 8.56. The number of hydrogen-bond donors (Lipinski definition) is 0. The third kappa shape index (κ3) is 8.39. The highest BCUT2D eigenvalue weighted by molar-refractivity contribution is 6.21. The number of rotatable bonds is 12. The second-order valence-corrected chi connectivity index (χ2v) is 12.6.